The molecule has 2 aromatic heterocycles. The van der Waals surface area contributed by atoms with Gasteiger partial charge in [-0.25, -0.2) is 4.68 Å². The Morgan fingerprint density at radius 2 is 1.88 bits per heavy atom. The van der Waals surface area contributed by atoms with Crippen LogP contribution in [-0.2, 0) is 4.79 Å². The Kier molecular flexibility index (Phi) is 4.80. The van der Waals surface area contributed by atoms with E-state index in [0.717, 1.165) is 5.56 Å². The molecule has 25 heavy (non-hydrogen) atoms. The second-order valence-electron chi connectivity index (χ2n) is 5.86. The smallest absolute Gasteiger partial charge is 0.252 e. The fraction of sp³-hybridized carbons (Fsp3) is 0.312. The van der Waals surface area contributed by atoms with Gasteiger partial charge in [-0.2, -0.15) is 9.90 Å². The Morgan fingerprint density at radius 3 is 2.56 bits per heavy atom. The first-order chi connectivity index (χ1) is 12.0. The summed E-state index contributed by atoms with van der Waals surface area (Å²) in [5.74, 6) is 0.816. The van der Waals surface area contributed by atoms with Gasteiger partial charge in [-0.05, 0) is 50.3 Å². The molecule has 0 unspecified atom stereocenters. The minimum Gasteiger partial charge on any atom is -0.309 e. The molecule has 9 heteroatoms. The fourth-order valence-electron chi connectivity index (χ4n) is 2.26. The molecule has 1 atom stereocenters. The van der Waals surface area contributed by atoms with Crippen LogP contribution in [0.15, 0.2) is 36.5 Å². The van der Waals surface area contributed by atoms with E-state index in [-0.39, 0.29) is 11.9 Å². The second kappa shape index (κ2) is 7.02. The minimum absolute atomic E-state index is 0.140. The fourth-order valence-corrected chi connectivity index (χ4v) is 2.39. The van der Waals surface area contributed by atoms with Crippen LogP contribution in [0.1, 0.15) is 32.9 Å². The van der Waals surface area contributed by atoms with Crippen molar-refractivity contribution in [3.63, 3.8) is 0 Å². The number of rotatable bonds is 5. The first-order valence-corrected chi connectivity index (χ1v) is 8.23. The molecule has 3 aromatic rings. The van der Waals surface area contributed by atoms with Crippen molar-refractivity contribution in [2.45, 2.75) is 32.9 Å². The number of amides is 1. The van der Waals surface area contributed by atoms with E-state index in [0.29, 0.717) is 16.7 Å². The van der Waals surface area contributed by atoms with Gasteiger partial charge in [0.2, 0.25) is 5.82 Å². The maximum atomic E-state index is 12.5. The molecule has 0 saturated carbocycles. The van der Waals surface area contributed by atoms with Gasteiger partial charge >= 0.3 is 0 Å². The molecule has 0 spiro atoms. The highest BCUT2D eigenvalue weighted by Gasteiger charge is 2.20. The molecular formula is C16H18ClN7O. The molecule has 0 bridgehead atoms. The van der Waals surface area contributed by atoms with Gasteiger partial charge < -0.3 is 5.32 Å². The highest BCUT2D eigenvalue weighted by Crippen LogP contribution is 2.19. The number of aromatic nitrogens is 6. The highest BCUT2D eigenvalue weighted by atomic mass is 35.5. The lowest BCUT2D eigenvalue weighted by Crippen LogP contribution is -2.26. The molecule has 0 fully saturated rings. The van der Waals surface area contributed by atoms with Gasteiger partial charge in [0.25, 0.3) is 5.91 Å². The number of tetrazole rings is 1. The molecule has 0 aliphatic rings. The lowest BCUT2D eigenvalue weighted by molar-refractivity contribution is -0.119. The van der Waals surface area contributed by atoms with Crippen molar-refractivity contribution in [3.8, 4) is 11.4 Å². The van der Waals surface area contributed by atoms with Crippen LogP contribution < -0.4 is 5.32 Å². The van der Waals surface area contributed by atoms with Crippen molar-refractivity contribution in [1.82, 2.24) is 30.0 Å². The summed E-state index contributed by atoms with van der Waals surface area (Å²) >= 11 is 5.88. The molecule has 1 amide bonds. The van der Waals surface area contributed by atoms with Gasteiger partial charge in [0.1, 0.15) is 11.9 Å². The van der Waals surface area contributed by atoms with Crippen LogP contribution in [0.2, 0.25) is 5.02 Å². The van der Waals surface area contributed by atoms with E-state index < -0.39 is 6.04 Å². The van der Waals surface area contributed by atoms with Gasteiger partial charge in [0.05, 0.1) is 6.20 Å². The average Bonchev–Trinajstić information content (AvgIpc) is 3.24. The zero-order valence-electron chi connectivity index (χ0n) is 14.1. The first kappa shape index (κ1) is 17.1. The summed E-state index contributed by atoms with van der Waals surface area (Å²) in [5.41, 5.74) is 0.779. The van der Waals surface area contributed by atoms with E-state index in [4.69, 9.17) is 11.6 Å². The number of halogens is 1. The van der Waals surface area contributed by atoms with Crippen LogP contribution in [0.25, 0.3) is 11.4 Å². The Morgan fingerprint density at radius 1 is 1.16 bits per heavy atom. The first-order valence-electron chi connectivity index (χ1n) is 7.85. The lowest BCUT2D eigenvalue weighted by atomic mass is 10.2. The zero-order valence-corrected chi connectivity index (χ0v) is 14.8. The summed E-state index contributed by atoms with van der Waals surface area (Å²) < 4.78 is 1.73. The van der Waals surface area contributed by atoms with Crippen LogP contribution in [0.3, 0.4) is 0 Å². The SMILES string of the molecule is CC(C)n1nccc1NC(=O)[C@H](C)n1nnc(-c2ccc(Cl)cc2)n1. The van der Waals surface area contributed by atoms with E-state index in [2.05, 4.69) is 25.8 Å². The molecule has 0 saturated heterocycles. The topological polar surface area (TPSA) is 90.5 Å². The quantitative estimate of drug-likeness (QED) is 0.756. The molecule has 130 valence electrons. The van der Waals surface area contributed by atoms with Crippen LogP contribution in [0.5, 0.6) is 0 Å². The van der Waals surface area contributed by atoms with Crippen LogP contribution >= 0.6 is 11.6 Å². The third-order valence-corrected chi connectivity index (χ3v) is 3.92. The van der Waals surface area contributed by atoms with Crippen molar-refractivity contribution in [2.75, 3.05) is 5.32 Å². The van der Waals surface area contributed by atoms with Crippen molar-refractivity contribution >= 4 is 23.3 Å². The number of carbonyl (C=O) groups excluding carboxylic acids is 1. The minimum atomic E-state index is -0.621. The Labute approximate surface area is 149 Å². The lowest BCUT2D eigenvalue weighted by Gasteiger charge is -2.14. The Bertz CT molecular complexity index is 869. The number of carbonyl (C=O) groups is 1. The van der Waals surface area contributed by atoms with Crippen LogP contribution in [0.4, 0.5) is 5.82 Å². The van der Waals surface area contributed by atoms with Crippen LogP contribution in [0, 0.1) is 0 Å². The summed E-state index contributed by atoms with van der Waals surface area (Å²) in [6, 6.07) is 8.37. The summed E-state index contributed by atoms with van der Waals surface area (Å²) in [6.45, 7) is 5.69. The average molecular weight is 360 g/mol. The number of nitrogens with one attached hydrogen (secondary N) is 1. The third-order valence-electron chi connectivity index (χ3n) is 3.67. The van der Waals surface area contributed by atoms with Gasteiger partial charge in [-0.1, -0.05) is 11.6 Å². The standard InChI is InChI=1S/C16H18ClN7O/c1-10(2)23-14(8-9-18-23)19-16(25)11(3)24-21-15(20-22-24)12-4-6-13(17)7-5-12/h4-11H,1-3H3,(H,19,25)/t11-/m0/s1. The molecule has 0 aliphatic carbocycles. The van der Waals surface area contributed by atoms with Crippen molar-refractivity contribution < 1.29 is 4.79 Å². The van der Waals surface area contributed by atoms with E-state index in [1.54, 1.807) is 48.1 Å². The maximum absolute atomic E-state index is 12.5. The molecular weight excluding hydrogens is 342 g/mol. The number of hydrogen-bond donors (Lipinski definition) is 1. The summed E-state index contributed by atoms with van der Waals surface area (Å²) in [4.78, 5) is 13.8. The molecule has 0 aliphatic heterocycles. The van der Waals surface area contributed by atoms with Gasteiger partial charge in [0.15, 0.2) is 0 Å². The van der Waals surface area contributed by atoms with E-state index in [9.17, 15) is 4.79 Å². The van der Waals surface area contributed by atoms with Crippen molar-refractivity contribution in [1.29, 1.82) is 0 Å². The van der Waals surface area contributed by atoms with Crippen LogP contribution in [-0.4, -0.2) is 35.9 Å². The number of anilines is 1. The zero-order chi connectivity index (χ0) is 18.0. The number of hydrogen-bond acceptors (Lipinski definition) is 5. The number of nitrogens with zero attached hydrogens (tertiary/aromatic N) is 6. The monoisotopic (exact) mass is 359 g/mol. The van der Waals surface area contributed by atoms with Gasteiger partial charge in [-0.15, -0.1) is 10.2 Å². The summed E-state index contributed by atoms with van der Waals surface area (Å²) in [7, 11) is 0. The predicted molar refractivity (Wildman–Crippen MR) is 94.2 cm³/mol. The molecule has 8 nitrogen and oxygen atoms in total. The third kappa shape index (κ3) is 3.69. The van der Waals surface area contributed by atoms with Gasteiger partial charge in [0, 0.05) is 22.7 Å². The molecule has 2 heterocycles. The maximum Gasteiger partial charge on any atom is 0.252 e. The molecule has 0 radical (unpaired) electrons. The molecule has 1 aromatic carbocycles. The molecule has 3 rings (SSSR count). The largest absolute Gasteiger partial charge is 0.309 e. The Hall–Kier alpha value is -2.74. The molecule has 1 N–H and O–H groups in total. The van der Waals surface area contributed by atoms with Crippen molar-refractivity contribution in [2.24, 2.45) is 0 Å². The van der Waals surface area contributed by atoms with E-state index in [1.807, 2.05) is 13.8 Å². The van der Waals surface area contributed by atoms with Crippen molar-refractivity contribution in [3.05, 3.63) is 41.6 Å². The van der Waals surface area contributed by atoms with E-state index >= 15 is 0 Å². The van der Waals surface area contributed by atoms with E-state index in [1.165, 1.54) is 4.80 Å². The highest BCUT2D eigenvalue weighted by molar-refractivity contribution is 6.30. The normalized spacial score (nSPS) is 12.4. The Balaban J connectivity index is 1.74. The summed E-state index contributed by atoms with van der Waals surface area (Å²) in [6.07, 6.45) is 1.65. The van der Waals surface area contributed by atoms with Gasteiger partial charge in [-0.3, -0.25) is 4.79 Å². The summed E-state index contributed by atoms with van der Waals surface area (Å²) in [5, 5.41) is 19.9. The predicted octanol–water partition coefficient (Wildman–Crippen LogP) is 2.97. The second-order valence-corrected chi connectivity index (χ2v) is 6.30. The number of benzene rings is 1.